The zero-order chi connectivity index (χ0) is 24.5. The summed E-state index contributed by atoms with van der Waals surface area (Å²) < 4.78 is 10.6. The van der Waals surface area contributed by atoms with Crippen LogP contribution in [0.2, 0.25) is 0 Å². The van der Waals surface area contributed by atoms with Crippen molar-refractivity contribution in [1.29, 1.82) is 0 Å². The molecule has 2 atom stereocenters. The number of nitrogens with one attached hydrogen (secondary N) is 2. The third kappa shape index (κ3) is 6.35. The molecule has 3 N–H and O–H groups in total. The first-order valence-electron chi connectivity index (χ1n) is 11.5. The summed E-state index contributed by atoms with van der Waals surface area (Å²) in [4.78, 5) is 36.1. The number of fused-ring (bicyclic) bond motifs is 3. The summed E-state index contributed by atoms with van der Waals surface area (Å²) in [7, 11) is 1.52. The maximum absolute atomic E-state index is 12.6. The number of carbonyl (C=O) groups excluding carboxylic acids is 2. The number of rotatable bonds is 12. The first-order chi connectivity index (χ1) is 16.4. The molecule has 0 radical (unpaired) electrons. The SMILES string of the molecule is COCCC(NC(=O)OCC1c2ccccc2-c2ccccc21)C(=O)NCCCC(C)C(=O)O. The Kier molecular flexibility index (Phi) is 9.04. The first kappa shape index (κ1) is 25.2. The molecule has 182 valence electrons. The maximum Gasteiger partial charge on any atom is 0.407 e. The molecule has 0 aliphatic heterocycles. The molecule has 0 spiro atoms. The van der Waals surface area contributed by atoms with Gasteiger partial charge in [-0.1, -0.05) is 55.5 Å². The first-order valence-corrected chi connectivity index (χ1v) is 11.5. The van der Waals surface area contributed by atoms with E-state index in [-0.39, 0.29) is 31.5 Å². The van der Waals surface area contributed by atoms with Crippen molar-refractivity contribution >= 4 is 18.0 Å². The van der Waals surface area contributed by atoms with Crippen molar-refractivity contribution in [2.24, 2.45) is 5.92 Å². The van der Waals surface area contributed by atoms with Crippen molar-refractivity contribution in [3.8, 4) is 11.1 Å². The van der Waals surface area contributed by atoms with E-state index < -0.39 is 24.0 Å². The van der Waals surface area contributed by atoms with Gasteiger partial charge in [0.05, 0.1) is 5.92 Å². The van der Waals surface area contributed by atoms with E-state index in [1.807, 2.05) is 36.4 Å². The minimum atomic E-state index is -0.860. The minimum Gasteiger partial charge on any atom is -0.481 e. The molecular formula is C26H32N2O6. The number of hydrogen-bond acceptors (Lipinski definition) is 5. The molecule has 0 fully saturated rings. The van der Waals surface area contributed by atoms with Crippen LogP contribution in [-0.2, 0) is 19.1 Å². The zero-order valence-electron chi connectivity index (χ0n) is 19.6. The summed E-state index contributed by atoms with van der Waals surface area (Å²) >= 11 is 0. The van der Waals surface area contributed by atoms with Crippen LogP contribution in [0.3, 0.4) is 0 Å². The summed E-state index contributed by atoms with van der Waals surface area (Å²) in [6.07, 6.45) is 0.606. The lowest BCUT2D eigenvalue weighted by molar-refractivity contribution is -0.141. The van der Waals surface area contributed by atoms with Crippen LogP contribution < -0.4 is 10.6 Å². The van der Waals surface area contributed by atoms with Crippen LogP contribution in [-0.4, -0.2) is 56.0 Å². The number of aliphatic carboxylic acids is 1. The van der Waals surface area contributed by atoms with Crippen molar-refractivity contribution in [2.45, 2.75) is 38.1 Å². The van der Waals surface area contributed by atoms with Crippen LogP contribution in [0.15, 0.2) is 48.5 Å². The Morgan fingerprint density at radius 1 is 1.00 bits per heavy atom. The fourth-order valence-electron chi connectivity index (χ4n) is 4.15. The van der Waals surface area contributed by atoms with Gasteiger partial charge in [0.25, 0.3) is 0 Å². The highest BCUT2D eigenvalue weighted by molar-refractivity contribution is 5.85. The molecule has 3 rings (SSSR count). The fraction of sp³-hybridized carbons (Fsp3) is 0.423. The molecule has 0 aromatic heterocycles. The number of ether oxygens (including phenoxy) is 2. The van der Waals surface area contributed by atoms with Gasteiger partial charge in [0.2, 0.25) is 5.91 Å². The predicted molar refractivity (Wildman–Crippen MR) is 128 cm³/mol. The highest BCUT2D eigenvalue weighted by Gasteiger charge is 2.29. The van der Waals surface area contributed by atoms with Gasteiger partial charge in [-0.3, -0.25) is 9.59 Å². The van der Waals surface area contributed by atoms with Crippen molar-refractivity contribution in [3.05, 3.63) is 59.7 Å². The Labute approximate surface area is 199 Å². The molecule has 1 aliphatic rings. The molecule has 0 saturated carbocycles. The quantitative estimate of drug-likeness (QED) is 0.411. The number of methoxy groups -OCH3 is 1. The second-order valence-electron chi connectivity index (χ2n) is 8.48. The number of amides is 2. The summed E-state index contributed by atoms with van der Waals surface area (Å²) in [5, 5.41) is 14.4. The number of hydrogen-bond donors (Lipinski definition) is 3. The van der Waals surface area contributed by atoms with Crippen LogP contribution >= 0.6 is 0 Å². The number of benzene rings is 2. The smallest absolute Gasteiger partial charge is 0.407 e. The molecule has 2 unspecified atom stereocenters. The summed E-state index contributed by atoms with van der Waals surface area (Å²) in [6.45, 7) is 2.40. The largest absolute Gasteiger partial charge is 0.481 e. The van der Waals surface area contributed by atoms with E-state index >= 15 is 0 Å². The van der Waals surface area contributed by atoms with E-state index in [0.717, 1.165) is 22.3 Å². The highest BCUT2D eigenvalue weighted by Crippen LogP contribution is 2.44. The molecule has 1 aliphatic carbocycles. The molecule has 2 aromatic rings. The Balaban J connectivity index is 1.55. The zero-order valence-corrected chi connectivity index (χ0v) is 19.6. The average molecular weight is 469 g/mol. The fourth-order valence-corrected chi connectivity index (χ4v) is 4.15. The van der Waals surface area contributed by atoms with Gasteiger partial charge in [0.1, 0.15) is 12.6 Å². The molecule has 2 aromatic carbocycles. The Hall–Kier alpha value is -3.39. The molecule has 0 saturated heterocycles. The Morgan fingerprint density at radius 3 is 2.21 bits per heavy atom. The van der Waals surface area contributed by atoms with E-state index in [4.69, 9.17) is 14.6 Å². The normalized spacial score (nSPS) is 13.9. The second kappa shape index (κ2) is 12.2. The number of carboxylic acids is 1. The van der Waals surface area contributed by atoms with Crippen LogP contribution in [0, 0.1) is 5.92 Å². The molecule has 34 heavy (non-hydrogen) atoms. The van der Waals surface area contributed by atoms with E-state index in [2.05, 4.69) is 22.8 Å². The van der Waals surface area contributed by atoms with Crippen molar-refractivity contribution in [3.63, 3.8) is 0 Å². The van der Waals surface area contributed by atoms with E-state index in [1.54, 1.807) is 6.92 Å². The van der Waals surface area contributed by atoms with Gasteiger partial charge in [0.15, 0.2) is 0 Å². The van der Waals surface area contributed by atoms with Crippen molar-refractivity contribution < 1.29 is 29.0 Å². The maximum atomic E-state index is 12.6. The summed E-state index contributed by atoms with van der Waals surface area (Å²) in [5.74, 6) is -1.75. The van der Waals surface area contributed by atoms with Gasteiger partial charge in [0, 0.05) is 32.6 Å². The van der Waals surface area contributed by atoms with Gasteiger partial charge in [-0.05, 0) is 35.1 Å². The molecular weight excluding hydrogens is 436 g/mol. The van der Waals surface area contributed by atoms with Crippen molar-refractivity contribution in [1.82, 2.24) is 10.6 Å². The molecule has 8 heteroatoms. The monoisotopic (exact) mass is 468 g/mol. The Bertz CT molecular complexity index is 963. The van der Waals surface area contributed by atoms with Gasteiger partial charge < -0.3 is 25.2 Å². The topological polar surface area (TPSA) is 114 Å². The number of carbonyl (C=O) groups is 3. The predicted octanol–water partition coefficient (Wildman–Crippen LogP) is 3.55. The lowest BCUT2D eigenvalue weighted by atomic mass is 9.98. The van der Waals surface area contributed by atoms with Gasteiger partial charge in [-0.25, -0.2) is 4.79 Å². The molecule has 0 bridgehead atoms. The third-order valence-electron chi connectivity index (χ3n) is 6.10. The average Bonchev–Trinajstić information content (AvgIpc) is 3.16. The third-order valence-corrected chi connectivity index (χ3v) is 6.10. The van der Waals surface area contributed by atoms with E-state index in [1.165, 1.54) is 7.11 Å². The van der Waals surface area contributed by atoms with Crippen LogP contribution in [0.25, 0.3) is 11.1 Å². The molecule has 8 nitrogen and oxygen atoms in total. The van der Waals surface area contributed by atoms with Crippen LogP contribution in [0.4, 0.5) is 4.79 Å². The summed E-state index contributed by atoms with van der Waals surface area (Å²) in [6, 6.07) is 15.3. The summed E-state index contributed by atoms with van der Waals surface area (Å²) in [5.41, 5.74) is 4.50. The standard InChI is InChI=1S/C26H32N2O6/c1-17(25(30)31)8-7-14-27-24(29)23(13-15-33-2)28-26(32)34-16-22-20-11-5-3-9-18(20)19-10-4-6-12-21(19)22/h3-6,9-12,17,22-23H,7-8,13-16H2,1-2H3,(H,27,29)(H,28,32)(H,30,31). The van der Waals surface area contributed by atoms with E-state index in [9.17, 15) is 14.4 Å². The number of carboxylic acid groups (broad SMARTS) is 1. The molecule has 0 heterocycles. The Morgan fingerprint density at radius 2 is 1.62 bits per heavy atom. The van der Waals surface area contributed by atoms with Crippen LogP contribution in [0.5, 0.6) is 0 Å². The highest BCUT2D eigenvalue weighted by atomic mass is 16.5. The van der Waals surface area contributed by atoms with Gasteiger partial charge in [-0.2, -0.15) is 0 Å². The lowest BCUT2D eigenvalue weighted by Gasteiger charge is -2.19. The number of alkyl carbamates (subject to hydrolysis) is 1. The van der Waals surface area contributed by atoms with Crippen molar-refractivity contribution in [2.75, 3.05) is 26.9 Å². The van der Waals surface area contributed by atoms with Crippen LogP contribution in [0.1, 0.15) is 43.2 Å². The lowest BCUT2D eigenvalue weighted by Crippen LogP contribution is -2.47. The van der Waals surface area contributed by atoms with Gasteiger partial charge >= 0.3 is 12.1 Å². The minimum absolute atomic E-state index is 0.0689. The van der Waals surface area contributed by atoms with E-state index in [0.29, 0.717) is 19.4 Å². The molecule has 2 amide bonds. The second-order valence-corrected chi connectivity index (χ2v) is 8.48. The van der Waals surface area contributed by atoms with Gasteiger partial charge in [-0.15, -0.1) is 0 Å².